The first-order valence-corrected chi connectivity index (χ1v) is 6.84. The Bertz CT molecular complexity index is 596. The molecule has 3 rings (SSSR count). The molecule has 1 aliphatic heterocycles. The minimum atomic E-state index is -0.0382. The summed E-state index contributed by atoms with van der Waals surface area (Å²) in [4.78, 5) is 14.7. The van der Waals surface area contributed by atoms with Crippen LogP contribution in [-0.4, -0.2) is 35.4 Å². The fraction of sp³-hybridized carbons (Fsp3) is 0.500. The van der Waals surface area contributed by atoms with Gasteiger partial charge in [0.1, 0.15) is 0 Å². The van der Waals surface area contributed by atoms with Gasteiger partial charge >= 0.3 is 5.69 Å². The second kappa shape index (κ2) is 5.59. The normalized spacial score (nSPS) is 19.3. The van der Waals surface area contributed by atoms with Crippen LogP contribution in [0.25, 0.3) is 11.0 Å². The SMILES string of the molecule is O=c1[nH]c2ccccc2n1CCCOC1CCNC1. The van der Waals surface area contributed by atoms with Crippen molar-refractivity contribution in [1.29, 1.82) is 0 Å². The van der Waals surface area contributed by atoms with Crippen LogP contribution in [0.3, 0.4) is 0 Å². The molecule has 1 aromatic carbocycles. The third-order valence-corrected chi connectivity index (χ3v) is 3.58. The maximum absolute atomic E-state index is 11.8. The van der Waals surface area contributed by atoms with Crippen molar-refractivity contribution in [3.8, 4) is 0 Å². The number of ether oxygens (including phenoxy) is 1. The van der Waals surface area contributed by atoms with E-state index < -0.39 is 0 Å². The quantitative estimate of drug-likeness (QED) is 0.792. The van der Waals surface area contributed by atoms with E-state index in [1.165, 1.54) is 0 Å². The Hall–Kier alpha value is -1.59. The second-order valence-corrected chi connectivity index (χ2v) is 4.94. The molecule has 2 aromatic rings. The lowest BCUT2D eigenvalue weighted by Gasteiger charge is -2.10. The number of nitrogens with one attached hydrogen (secondary N) is 2. The highest BCUT2D eigenvalue weighted by Gasteiger charge is 2.14. The number of aryl methyl sites for hydroxylation is 1. The molecule has 1 aliphatic rings. The van der Waals surface area contributed by atoms with E-state index in [4.69, 9.17) is 4.74 Å². The van der Waals surface area contributed by atoms with Gasteiger partial charge in [-0.15, -0.1) is 0 Å². The number of hydrogen-bond donors (Lipinski definition) is 2. The Labute approximate surface area is 111 Å². The third kappa shape index (κ3) is 2.72. The number of para-hydroxylation sites is 2. The van der Waals surface area contributed by atoms with E-state index >= 15 is 0 Å². The van der Waals surface area contributed by atoms with Crippen LogP contribution >= 0.6 is 0 Å². The molecule has 0 bridgehead atoms. The lowest BCUT2D eigenvalue weighted by molar-refractivity contribution is 0.0634. The highest BCUT2D eigenvalue weighted by molar-refractivity contribution is 5.74. The minimum absolute atomic E-state index is 0.0382. The number of fused-ring (bicyclic) bond motifs is 1. The maximum atomic E-state index is 11.8. The van der Waals surface area contributed by atoms with Gasteiger partial charge < -0.3 is 15.0 Å². The summed E-state index contributed by atoms with van der Waals surface area (Å²) in [5, 5.41) is 3.27. The fourth-order valence-electron chi connectivity index (χ4n) is 2.57. The number of imidazole rings is 1. The van der Waals surface area contributed by atoms with Crippen LogP contribution in [0.2, 0.25) is 0 Å². The van der Waals surface area contributed by atoms with E-state index in [1.807, 2.05) is 24.3 Å². The van der Waals surface area contributed by atoms with Gasteiger partial charge in [0.2, 0.25) is 0 Å². The molecule has 19 heavy (non-hydrogen) atoms. The van der Waals surface area contributed by atoms with Crippen molar-refractivity contribution in [3.63, 3.8) is 0 Å². The third-order valence-electron chi connectivity index (χ3n) is 3.58. The molecule has 1 saturated heterocycles. The van der Waals surface area contributed by atoms with E-state index in [2.05, 4.69) is 10.3 Å². The van der Waals surface area contributed by atoms with Gasteiger partial charge in [0.05, 0.1) is 17.1 Å². The summed E-state index contributed by atoms with van der Waals surface area (Å²) in [5.41, 5.74) is 1.83. The van der Waals surface area contributed by atoms with Gasteiger partial charge in [-0.25, -0.2) is 4.79 Å². The topological polar surface area (TPSA) is 59.0 Å². The number of aromatic nitrogens is 2. The largest absolute Gasteiger partial charge is 0.377 e. The molecule has 2 N–H and O–H groups in total. The van der Waals surface area contributed by atoms with Crippen LogP contribution in [-0.2, 0) is 11.3 Å². The van der Waals surface area contributed by atoms with Crippen molar-refractivity contribution < 1.29 is 4.74 Å². The zero-order valence-electron chi connectivity index (χ0n) is 10.9. The van der Waals surface area contributed by atoms with Gasteiger partial charge in [-0.05, 0) is 31.5 Å². The average molecular weight is 261 g/mol. The molecular formula is C14H19N3O2. The standard InChI is InChI=1S/C14H19N3O2/c18-14-16-12-4-1-2-5-13(12)17(14)8-3-9-19-11-6-7-15-10-11/h1-2,4-5,11,15H,3,6-10H2,(H,16,18). The van der Waals surface area contributed by atoms with Crippen molar-refractivity contribution in [2.24, 2.45) is 0 Å². The minimum Gasteiger partial charge on any atom is -0.377 e. The molecule has 102 valence electrons. The average Bonchev–Trinajstić information content (AvgIpc) is 3.02. The van der Waals surface area contributed by atoms with E-state index in [-0.39, 0.29) is 5.69 Å². The van der Waals surface area contributed by atoms with Gasteiger partial charge in [0.15, 0.2) is 0 Å². The summed E-state index contributed by atoms with van der Waals surface area (Å²) < 4.78 is 7.55. The number of nitrogens with zero attached hydrogens (tertiary/aromatic N) is 1. The molecular weight excluding hydrogens is 242 g/mol. The zero-order chi connectivity index (χ0) is 13.1. The molecule has 2 heterocycles. The number of H-pyrrole nitrogens is 1. The van der Waals surface area contributed by atoms with Crippen LogP contribution in [0.1, 0.15) is 12.8 Å². The number of rotatable bonds is 5. The Morgan fingerprint density at radius 3 is 3.11 bits per heavy atom. The molecule has 5 nitrogen and oxygen atoms in total. The highest BCUT2D eigenvalue weighted by Crippen LogP contribution is 2.10. The van der Waals surface area contributed by atoms with Gasteiger partial charge in [-0.3, -0.25) is 4.57 Å². The molecule has 0 amide bonds. The van der Waals surface area contributed by atoms with E-state index in [0.29, 0.717) is 19.3 Å². The van der Waals surface area contributed by atoms with E-state index in [1.54, 1.807) is 4.57 Å². The molecule has 1 unspecified atom stereocenters. The maximum Gasteiger partial charge on any atom is 0.326 e. The molecule has 0 radical (unpaired) electrons. The molecule has 0 spiro atoms. The van der Waals surface area contributed by atoms with Crippen molar-refractivity contribution >= 4 is 11.0 Å². The number of hydrogen-bond acceptors (Lipinski definition) is 3. The van der Waals surface area contributed by atoms with Gasteiger partial charge in [0.25, 0.3) is 0 Å². The Morgan fingerprint density at radius 2 is 2.26 bits per heavy atom. The van der Waals surface area contributed by atoms with Gasteiger partial charge in [-0.1, -0.05) is 12.1 Å². The number of aromatic amines is 1. The summed E-state index contributed by atoms with van der Waals surface area (Å²) in [6.07, 6.45) is 2.30. The Morgan fingerprint density at radius 1 is 1.37 bits per heavy atom. The van der Waals surface area contributed by atoms with Crippen molar-refractivity contribution in [2.75, 3.05) is 19.7 Å². The van der Waals surface area contributed by atoms with Crippen LogP contribution in [0.15, 0.2) is 29.1 Å². The fourth-order valence-corrected chi connectivity index (χ4v) is 2.57. The summed E-state index contributed by atoms with van der Waals surface area (Å²) in [6, 6.07) is 7.77. The first-order chi connectivity index (χ1) is 9.34. The first-order valence-electron chi connectivity index (χ1n) is 6.84. The van der Waals surface area contributed by atoms with Crippen molar-refractivity contribution in [3.05, 3.63) is 34.7 Å². The molecule has 1 aromatic heterocycles. The predicted molar refractivity (Wildman–Crippen MR) is 74.4 cm³/mol. The van der Waals surface area contributed by atoms with Crippen LogP contribution in [0.5, 0.6) is 0 Å². The summed E-state index contributed by atoms with van der Waals surface area (Å²) in [7, 11) is 0. The highest BCUT2D eigenvalue weighted by atomic mass is 16.5. The summed E-state index contributed by atoms with van der Waals surface area (Å²) in [6.45, 7) is 3.40. The van der Waals surface area contributed by atoms with Crippen LogP contribution in [0.4, 0.5) is 0 Å². The zero-order valence-corrected chi connectivity index (χ0v) is 10.9. The summed E-state index contributed by atoms with van der Waals surface area (Å²) >= 11 is 0. The number of benzene rings is 1. The predicted octanol–water partition coefficient (Wildman–Crippen LogP) is 1.10. The van der Waals surface area contributed by atoms with Crippen LogP contribution < -0.4 is 11.0 Å². The van der Waals surface area contributed by atoms with E-state index in [9.17, 15) is 4.79 Å². The second-order valence-electron chi connectivity index (χ2n) is 4.94. The molecule has 0 saturated carbocycles. The Kier molecular flexibility index (Phi) is 3.66. The van der Waals surface area contributed by atoms with Crippen molar-refractivity contribution in [2.45, 2.75) is 25.5 Å². The monoisotopic (exact) mass is 261 g/mol. The first kappa shape index (κ1) is 12.4. The Balaban J connectivity index is 1.59. The van der Waals surface area contributed by atoms with Gasteiger partial charge in [-0.2, -0.15) is 0 Å². The van der Waals surface area contributed by atoms with Crippen LogP contribution in [0, 0.1) is 0 Å². The molecule has 1 atom stereocenters. The van der Waals surface area contributed by atoms with Gasteiger partial charge in [0, 0.05) is 19.7 Å². The van der Waals surface area contributed by atoms with Crippen molar-refractivity contribution in [1.82, 2.24) is 14.9 Å². The lowest BCUT2D eigenvalue weighted by Crippen LogP contribution is -2.20. The molecule has 1 fully saturated rings. The smallest absolute Gasteiger partial charge is 0.326 e. The molecule has 0 aliphatic carbocycles. The van der Waals surface area contributed by atoms with E-state index in [0.717, 1.165) is 37.0 Å². The summed E-state index contributed by atoms with van der Waals surface area (Å²) in [5.74, 6) is 0. The molecule has 5 heteroatoms. The lowest BCUT2D eigenvalue weighted by atomic mass is 10.3.